The van der Waals surface area contributed by atoms with E-state index in [2.05, 4.69) is 10.2 Å². The lowest BCUT2D eigenvalue weighted by molar-refractivity contribution is -0.118. The molecule has 5 nitrogen and oxygen atoms in total. The smallest absolute Gasteiger partial charge is 0.238 e. The first-order valence-electron chi connectivity index (χ1n) is 8.80. The van der Waals surface area contributed by atoms with Crippen LogP contribution in [0, 0.1) is 5.82 Å². The number of rotatable bonds is 7. The lowest BCUT2D eigenvalue weighted by atomic mass is 10.2. The van der Waals surface area contributed by atoms with Crippen molar-refractivity contribution in [3.63, 3.8) is 0 Å². The normalized spacial score (nSPS) is 23.3. The fourth-order valence-electron chi connectivity index (χ4n) is 3.33. The second-order valence-corrected chi connectivity index (χ2v) is 7.05. The molecule has 2 fully saturated rings. The van der Waals surface area contributed by atoms with Crippen molar-refractivity contribution >= 4 is 23.2 Å². The predicted octanol–water partition coefficient (Wildman–Crippen LogP) is 3.08. The third kappa shape index (κ3) is 5.64. The minimum atomic E-state index is -0.502. The Morgan fingerprint density at radius 2 is 1.84 bits per heavy atom. The van der Waals surface area contributed by atoms with Gasteiger partial charge in [-0.25, -0.2) is 4.39 Å². The van der Waals surface area contributed by atoms with Gasteiger partial charge in [-0.15, -0.1) is 0 Å². The Balaban J connectivity index is 1.56. The van der Waals surface area contributed by atoms with Crippen molar-refractivity contribution in [3.05, 3.63) is 29.0 Å². The SMILES string of the molecule is O=C(CN(C[C@@H]1CCCO1)C[C@@H]1CCCO1)Nc1ccc(F)c(Cl)c1. The molecule has 7 heteroatoms. The Morgan fingerprint density at radius 1 is 1.20 bits per heavy atom. The molecule has 0 aliphatic carbocycles. The summed E-state index contributed by atoms with van der Waals surface area (Å²) in [6, 6.07) is 4.16. The van der Waals surface area contributed by atoms with E-state index in [1.54, 1.807) is 0 Å². The summed E-state index contributed by atoms with van der Waals surface area (Å²) in [5.74, 6) is -0.656. The summed E-state index contributed by atoms with van der Waals surface area (Å²) in [5.41, 5.74) is 0.491. The number of ether oxygens (including phenoxy) is 2. The molecule has 1 aromatic rings. The molecule has 0 bridgehead atoms. The van der Waals surface area contributed by atoms with Gasteiger partial charge in [0.1, 0.15) is 5.82 Å². The summed E-state index contributed by atoms with van der Waals surface area (Å²) in [4.78, 5) is 14.5. The molecule has 0 aromatic heterocycles. The molecule has 1 N–H and O–H groups in total. The number of anilines is 1. The van der Waals surface area contributed by atoms with Crippen molar-refractivity contribution in [1.29, 1.82) is 0 Å². The van der Waals surface area contributed by atoms with Gasteiger partial charge in [0.2, 0.25) is 5.91 Å². The van der Waals surface area contributed by atoms with Crippen LogP contribution in [0.2, 0.25) is 5.02 Å². The first-order valence-corrected chi connectivity index (χ1v) is 9.18. The van der Waals surface area contributed by atoms with Gasteiger partial charge in [-0.1, -0.05) is 11.6 Å². The molecule has 0 saturated carbocycles. The quantitative estimate of drug-likeness (QED) is 0.801. The number of nitrogens with one attached hydrogen (secondary N) is 1. The predicted molar refractivity (Wildman–Crippen MR) is 94.4 cm³/mol. The summed E-state index contributed by atoms with van der Waals surface area (Å²) in [5, 5.41) is 2.77. The number of hydrogen-bond donors (Lipinski definition) is 1. The van der Waals surface area contributed by atoms with Gasteiger partial charge in [0.15, 0.2) is 0 Å². The standard InChI is InChI=1S/C18H24ClFN2O3/c19-16-9-13(5-6-17(16)20)21-18(23)12-22(10-14-3-1-7-24-14)11-15-4-2-8-25-15/h5-6,9,14-15H,1-4,7-8,10-12H2,(H,21,23)/t14-,15-/m0/s1. The van der Waals surface area contributed by atoms with E-state index in [1.807, 2.05) is 0 Å². The van der Waals surface area contributed by atoms with Crippen molar-refractivity contribution in [2.45, 2.75) is 37.9 Å². The molecule has 0 unspecified atom stereocenters. The highest BCUT2D eigenvalue weighted by Crippen LogP contribution is 2.20. The first kappa shape index (κ1) is 18.6. The van der Waals surface area contributed by atoms with Crippen molar-refractivity contribution in [3.8, 4) is 0 Å². The van der Waals surface area contributed by atoms with Gasteiger partial charge in [-0.2, -0.15) is 0 Å². The van der Waals surface area contributed by atoms with Crippen LogP contribution in [0.4, 0.5) is 10.1 Å². The van der Waals surface area contributed by atoms with Gasteiger partial charge >= 0.3 is 0 Å². The largest absolute Gasteiger partial charge is 0.377 e. The average molecular weight is 371 g/mol. The van der Waals surface area contributed by atoms with E-state index in [0.29, 0.717) is 5.69 Å². The van der Waals surface area contributed by atoms with E-state index in [4.69, 9.17) is 21.1 Å². The number of halogens is 2. The molecule has 3 rings (SSSR count). The zero-order valence-electron chi connectivity index (χ0n) is 14.2. The number of amides is 1. The first-order chi connectivity index (χ1) is 12.1. The maximum atomic E-state index is 13.2. The van der Waals surface area contributed by atoms with Crippen LogP contribution in [0.3, 0.4) is 0 Å². The summed E-state index contributed by atoms with van der Waals surface area (Å²) in [7, 11) is 0. The second-order valence-electron chi connectivity index (χ2n) is 6.64. The third-order valence-electron chi connectivity index (χ3n) is 4.54. The van der Waals surface area contributed by atoms with Gasteiger partial charge in [0.05, 0.1) is 23.8 Å². The lowest BCUT2D eigenvalue weighted by Gasteiger charge is -2.27. The zero-order chi connectivity index (χ0) is 17.6. The number of hydrogen-bond acceptors (Lipinski definition) is 4. The van der Waals surface area contributed by atoms with E-state index in [1.165, 1.54) is 18.2 Å². The van der Waals surface area contributed by atoms with E-state index >= 15 is 0 Å². The maximum absolute atomic E-state index is 13.2. The Morgan fingerprint density at radius 3 is 2.36 bits per heavy atom. The molecule has 138 valence electrons. The third-order valence-corrected chi connectivity index (χ3v) is 4.83. The fourth-order valence-corrected chi connectivity index (χ4v) is 3.51. The minimum absolute atomic E-state index is 0.00614. The summed E-state index contributed by atoms with van der Waals surface area (Å²) < 4.78 is 24.6. The zero-order valence-corrected chi connectivity index (χ0v) is 14.9. The van der Waals surface area contributed by atoms with E-state index in [9.17, 15) is 9.18 Å². The topological polar surface area (TPSA) is 50.8 Å². The molecule has 0 radical (unpaired) electrons. The highest BCUT2D eigenvalue weighted by atomic mass is 35.5. The van der Waals surface area contributed by atoms with Crippen LogP contribution in [-0.4, -0.2) is 55.9 Å². The molecule has 2 aliphatic rings. The van der Waals surface area contributed by atoms with Crippen molar-refractivity contribution in [2.24, 2.45) is 0 Å². The maximum Gasteiger partial charge on any atom is 0.238 e. The lowest BCUT2D eigenvalue weighted by Crippen LogP contribution is -2.42. The Kier molecular flexibility index (Phi) is 6.64. The van der Waals surface area contributed by atoms with Crippen molar-refractivity contribution in [1.82, 2.24) is 4.90 Å². The van der Waals surface area contributed by atoms with Crippen LogP contribution >= 0.6 is 11.6 Å². The highest BCUT2D eigenvalue weighted by Gasteiger charge is 2.25. The van der Waals surface area contributed by atoms with E-state index < -0.39 is 5.82 Å². The number of carbonyl (C=O) groups is 1. The van der Waals surface area contributed by atoms with Gasteiger partial charge in [-0.3, -0.25) is 9.69 Å². The number of nitrogens with zero attached hydrogens (tertiary/aromatic N) is 1. The fraction of sp³-hybridized carbons (Fsp3) is 0.611. The average Bonchev–Trinajstić information content (AvgIpc) is 3.25. The van der Waals surface area contributed by atoms with Crippen LogP contribution < -0.4 is 5.32 Å². The van der Waals surface area contributed by atoms with E-state index in [0.717, 1.165) is 52.0 Å². The Bertz CT molecular complexity index is 572. The number of benzene rings is 1. The Hall–Kier alpha value is -1.21. The summed E-state index contributed by atoms with van der Waals surface area (Å²) in [6.45, 7) is 3.26. The van der Waals surface area contributed by atoms with Crippen LogP contribution in [0.1, 0.15) is 25.7 Å². The molecule has 25 heavy (non-hydrogen) atoms. The van der Waals surface area contributed by atoms with Crippen LogP contribution in [0.25, 0.3) is 0 Å². The van der Waals surface area contributed by atoms with Gasteiger partial charge < -0.3 is 14.8 Å². The summed E-state index contributed by atoms with van der Waals surface area (Å²) >= 11 is 5.76. The molecular weight excluding hydrogens is 347 g/mol. The molecular formula is C18H24ClFN2O3. The molecule has 2 saturated heterocycles. The van der Waals surface area contributed by atoms with E-state index in [-0.39, 0.29) is 29.7 Å². The van der Waals surface area contributed by atoms with Crippen molar-refractivity contribution < 1.29 is 18.7 Å². The van der Waals surface area contributed by atoms with Crippen LogP contribution in [0.5, 0.6) is 0 Å². The molecule has 1 aromatic carbocycles. The number of carbonyl (C=O) groups excluding carboxylic acids is 1. The molecule has 1 amide bonds. The second kappa shape index (κ2) is 8.94. The van der Waals surface area contributed by atoms with Crippen LogP contribution in [-0.2, 0) is 14.3 Å². The molecule has 2 atom stereocenters. The highest BCUT2D eigenvalue weighted by molar-refractivity contribution is 6.31. The van der Waals surface area contributed by atoms with Gasteiger partial charge in [0.25, 0.3) is 0 Å². The monoisotopic (exact) mass is 370 g/mol. The molecule has 2 aliphatic heterocycles. The van der Waals surface area contributed by atoms with Crippen molar-refractivity contribution in [2.75, 3.05) is 38.2 Å². The Labute approximate surface area is 152 Å². The summed E-state index contributed by atoms with van der Waals surface area (Å²) in [6.07, 6.45) is 4.54. The van der Waals surface area contributed by atoms with Gasteiger partial charge in [0, 0.05) is 32.0 Å². The minimum Gasteiger partial charge on any atom is -0.377 e. The molecule has 2 heterocycles. The molecule has 0 spiro atoms. The van der Waals surface area contributed by atoms with Gasteiger partial charge in [-0.05, 0) is 43.9 Å². The van der Waals surface area contributed by atoms with Crippen LogP contribution in [0.15, 0.2) is 18.2 Å².